The van der Waals surface area contributed by atoms with Gasteiger partial charge in [0.25, 0.3) is 0 Å². The molecule has 4 heteroatoms. The maximum absolute atomic E-state index is 5.86. The Morgan fingerprint density at radius 1 is 1.00 bits per heavy atom. The molecule has 2 aromatic carbocycles. The largest absolute Gasteiger partial charge is 0.490 e. The van der Waals surface area contributed by atoms with E-state index in [9.17, 15) is 0 Å². The number of hydrogen-bond acceptors (Lipinski definition) is 3. The SMILES string of the molecule is CC(C)c1cccc(OCCOc2ccc(Cl)c(N)c2)c1. The first kappa shape index (κ1) is 15.5. The third kappa shape index (κ3) is 4.57. The molecule has 0 spiro atoms. The maximum atomic E-state index is 5.86. The molecule has 2 aromatic rings. The van der Waals surface area contributed by atoms with Gasteiger partial charge in [0.05, 0.1) is 10.7 Å². The lowest BCUT2D eigenvalue weighted by molar-refractivity contribution is 0.217. The van der Waals surface area contributed by atoms with Crippen molar-refractivity contribution in [2.75, 3.05) is 18.9 Å². The van der Waals surface area contributed by atoms with E-state index in [1.54, 1.807) is 18.2 Å². The topological polar surface area (TPSA) is 44.5 Å². The second-order valence-electron chi connectivity index (χ2n) is 5.11. The van der Waals surface area contributed by atoms with Crippen molar-refractivity contribution in [1.82, 2.24) is 0 Å². The van der Waals surface area contributed by atoms with Crippen LogP contribution in [0.4, 0.5) is 5.69 Å². The molecule has 0 atom stereocenters. The first-order valence-electron chi connectivity index (χ1n) is 6.97. The van der Waals surface area contributed by atoms with Crippen molar-refractivity contribution in [2.24, 2.45) is 0 Å². The molecular formula is C17H20ClNO2. The van der Waals surface area contributed by atoms with E-state index in [4.69, 9.17) is 26.8 Å². The minimum atomic E-state index is 0.451. The van der Waals surface area contributed by atoms with Gasteiger partial charge in [0, 0.05) is 6.07 Å². The molecule has 0 aromatic heterocycles. The van der Waals surface area contributed by atoms with Crippen molar-refractivity contribution in [3.8, 4) is 11.5 Å². The van der Waals surface area contributed by atoms with Crippen LogP contribution in [0.15, 0.2) is 42.5 Å². The van der Waals surface area contributed by atoms with Crippen LogP contribution in [0, 0.1) is 0 Å². The zero-order chi connectivity index (χ0) is 15.2. The molecule has 0 unspecified atom stereocenters. The van der Waals surface area contributed by atoms with Gasteiger partial charge in [-0.25, -0.2) is 0 Å². The number of nitrogen functional groups attached to an aromatic ring is 1. The van der Waals surface area contributed by atoms with Gasteiger partial charge >= 0.3 is 0 Å². The van der Waals surface area contributed by atoms with Crippen LogP contribution in [-0.2, 0) is 0 Å². The summed E-state index contributed by atoms with van der Waals surface area (Å²) >= 11 is 5.86. The Kier molecular flexibility index (Phi) is 5.34. The van der Waals surface area contributed by atoms with E-state index in [0.717, 1.165) is 5.75 Å². The van der Waals surface area contributed by atoms with E-state index in [0.29, 0.717) is 35.6 Å². The highest BCUT2D eigenvalue weighted by Crippen LogP contribution is 2.24. The molecule has 3 nitrogen and oxygen atoms in total. The summed E-state index contributed by atoms with van der Waals surface area (Å²) in [7, 11) is 0. The van der Waals surface area contributed by atoms with Crippen LogP contribution in [0.2, 0.25) is 5.02 Å². The molecule has 2 rings (SSSR count). The molecule has 0 heterocycles. The summed E-state index contributed by atoms with van der Waals surface area (Å²) in [5, 5.41) is 0.532. The van der Waals surface area contributed by atoms with Crippen LogP contribution >= 0.6 is 11.6 Å². The van der Waals surface area contributed by atoms with Crippen LogP contribution < -0.4 is 15.2 Å². The van der Waals surface area contributed by atoms with E-state index < -0.39 is 0 Å². The minimum Gasteiger partial charge on any atom is -0.490 e. The molecule has 112 valence electrons. The van der Waals surface area contributed by atoms with Gasteiger partial charge in [-0.3, -0.25) is 0 Å². The van der Waals surface area contributed by atoms with Crippen molar-refractivity contribution in [3.05, 3.63) is 53.1 Å². The average molecular weight is 306 g/mol. The second kappa shape index (κ2) is 7.23. The maximum Gasteiger partial charge on any atom is 0.122 e. The van der Waals surface area contributed by atoms with E-state index >= 15 is 0 Å². The molecule has 0 saturated carbocycles. The Morgan fingerprint density at radius 2 is 1.67 bits per heavy atom. The summed E-state index contributed by atoms with van der Waals surface area (Å²) in [6, 6.07) is 13.3. The molecule has 0 fully saturated rings. The van der Waals surface area contributed by atoms with Crippen LogP contribution in [0.3, 0.4) is 0 Å². The summed E-state index contributed by atoms with van der Waals surface area (Å²) in [5.41, 5.74) is 7.49. The highest BCUT2D eigenvalue weighted by atomic mass is 35.5. The average Bonchev–Trinajstić information content (AvgIpc) is 2.47. The van der Waals surface area contributed by atoms with Gasteiger partial charge in [0.1, 0.15) is 24.7 Å². The van der Waals surface area contributed by atoms with Gasteiger partial charge < -0.3 is 15.2 Å². The minimum absolute atomic E-state index is 0.451. The van der Waals surface area contributed by atoms with Gasteiger partial charge in [-0.15, -0.1) is 0 Å². The van der Waals surface area contributed by atoms with Crippen molar-refractivity contribution in [1.29, 1.82) is 0 Å². The molecule has 0 saturated heterocycles. The van der Waals surface area contributed by atoms with E-state index in [-0.39, 0.29) is 0 Å². The molecule has 0 bridgehead atoms. The summed E-state index contributed by atoms with van der Waals surface area (Å²) in [5.74, 6) is 2.04. The van der Waals surface area contributed by atoms with Gasteiger partial charge in [-0.1, -0.05) is 37.6 Å². The molecule has 0 aliphatic heterocycles. The van der Waals surface area contributed by atoms with Crippen LogP contribution in [0.5, 0.6) is 11.5 Å². The first-order chi connectivity index (χ1) is 10.1. The van der Waals surface area contributed by atoms with E-state index in [2.05, 4.69) is 26.0 Å². The van der Waals surface area contributed by atoms with Crippen molar-refractivity contribution in [3.63, 3.8) is 0 Å². The Labute approximate surface area is 130 Å². The molecule has 0 aliphatic carbocycles. The summed E-state index contributed by atoms with van der Waals surface area (Å²) in [4.78, 5) is 0. The molecule has 0 amide bonds. The Bertz CT molecular complexity index is 599. The summed E-state index contributed by atoms with van der Waals surface area (Å²) in [6.07, 6.45) is 0. The number of ether oxygens (including phenoxy) is 2. The standard InChI is InChI=1S/C17H20ClNO2/c1-12(2)13-4-3-5-14(10-13)20-8-9-21-15-6-7-16(18)17(19)11-15/h3-7,10-12H,8-9,19H2,1-2H3. The Hall–Kier alpha value is -1.87. The van der Waals surface area contributed by atoms with Crippen LogP contribution in [-0.4, -0.2) is 13.2 Å². The van der Waals surface area contributed by atoms with Crippen LogP contribution in [0.25, 0.3) is 0 Å². The third-order valence-electron chi connectivity index (χ3n) is 3.11. The van der Waals surface area contributed by atoms with Gasteiger partial charge in [0.15, 0.2) is 0 Å². The first-order valence-corrected chi connectivity index (χ1v) is 7.34. The number of halogens is 1. The van der Waals surface area contributed by atoms with Crippen molar-refractivity contribution in [2.45, 2.75) is 19.8 Å². The highest BCUT2D eigenvalue weighted by Gasteiger charge is 2.02. The molecule has 2 N–H and O–H groups in total. The number of anilines is 1. The van der Waals surface area contributed by atoms with Crippen molar-refractivity contribution >= 4 is 17.3 Å². The fourth-order valence-corrected chi connectivity index (χ4v) is 2.01. The predicted octanol–water partition coefficient (Wildman–Crippen LogP) is 4.50. The predicted molar refractivity (Wildman–Crippen MR) is 87.4 cm³/mol. The fourth-order valence-electron chi connectivity index (χ4n) is 1.89. The van der Waals surface area contributed by atoms with Gasteiger partial charge in [-0.2, -0.15) is 0 Å². The molecule has 0 radical (unpaired) electrons. The number of hydrogen-bond donors (Lipinski definition) is 1. The summed E-state index contributed by atoms with van der Waals surface area (Å²) in [6.45, 7) is 5.25. The quantitative estimate of drug-likeness (QED) is 0.631. The normalized spacial score (nSPS) is 10.7. The smallest absolute Gasteiger partial charge is 0.122 e. The zero-order valence-corrected chi connectivity index (χ0v) is 13.1. The fraction of sp³-hybridized carbons (Fsp3) is 0.294. The van der Waals surface area contributed by atoms with Gasteiger partial charge in [0.2, 0.25) is 0 Å². The van der Waals surface area contributed by atoms with Gasteiger partial charge in [-0.05, 0) is 35.7 Å². The monoisotopic (exact) mass is 305 g/mol. The lowest BCUT2D eigenvalue weighted by Crippen LogP contribution is -2.09. The van der Waals surface area contributed by atoms with Crippen molar-refractivity contribution < 1.29 is 9.47 Å². The van der Waals surface area contributed by atoms with Crippen LogP contribution in [0.1, 0.15) is 25.3 Å². The Balaban J connectivity index is 1.81. The van der Waals surface area contributed by atoms with E-state index in [1.807, 2.05) is 12.1 Å². The zero-order valence-electron chi connectivity index (χ0n) is 12.3. The lowest BCUT2D eigenvalue weighted by atomic mass is 10.0. The van der Waals surface area contributed by atoms with E-state index in [1.165, 1.54) is 5.56 Å². The number of nitrogens with two attached hydrogens (primary N) is 1. The molecule has 21 heavy (non-hydrogen) atoms. The lowest BCUT2D eigenvalue weighted by Gasteiger charge is -2.11. The second-order valence-corrected chi connectivity index (χ2v) is 5.51. The third-order valence-corrected chi connectivity index (χ3v) is 3.46. The molecule has 0 aliphatic rings. The number of rotatable bonds is 6. The highest BCUT2D eigenvalue weighted by molar-refractivity contribution is 6.33. The Morgan fingerprint density at radius 3 is 2.29 bits per heavy atom. The summed E-state index contributed by atoms with van der Waals surface area (Å²) < 4.78 is 11.3. The molecular weight excluding hydrogens is 286 g/mol. The number of benzene rings is 2.